The Labute approximate surface area is 131 Å². The first-order chi connectivity index (χ1) is 10.6. The highest BCUT2D eigenvalue weighted by molar-refractivity contribution is 5.89. The average Bonchev–Trinajstić information content (AvgIpc) is 2.51. The number of carboxylic acid groups (broad SMARTS) is 1. The molecule has 0 aliphatic heterocycles. The Morgan fingerprint density at radius 3 is 2.77 bits per heavy atom. The van der Waals surface area contributed by atoms with Crippen LogP contribution in [-0.2, 0) is 11.2 Å². The quantitative estimate of drug-likeness (QED) is 0.847. The van der Waals surface area contributed by atoms with Gasteiger partial charge in [0.15, 0.2) is 0 Å². The second-order valence-corrected chi connectivity index (χ2v) is 6.40. The van der Waals surface area contributed by atoms with E-state index in [1.165, 1.54) is 25.7 Å². The van der Waals surface area contributed by atoms with Crippen molar-refractivity contribution in [2.24, 2.45) is 11.8 Å². The Bertz CT molecular complexity index is 527. The van der Waals surface area contributed by atoms with Crippen LogP contribution in [0.2, 0.25) is 0 Å². The summed E-state index contributed by atoms with van der Waals surface area (Å²) in [5.74, 6) is 0.433. The zero-order valence-electron chi connectivity index (χ0n) is 13.2. The van der Waals surface area contributed by atoms with E-state index in [1.54, 1.807) is 18.2 Å². The third-order valence-corrected chi connectivity index (χ3v) is 4.50. The van der Waals surface area contributed by atoms with E-state index in [4.69, 9.17) is 5.11 Å². The van der Waals surface area contributed by atoms with Crippen LogP contribution in [0.4, 0.5) is 0 Å². The second kappa shape index (κ2) is 7.97. The van der Waals surface area contributed by atoms with E-state index in [-0.39, 0.29) is 11.5 Å². The highest BCUT2D eigenvalue weighted by atomic mass is 16.4. The van der Waals surface area contributed by atoms with Gasteiger partial charge >= 0.3 is 5.97 Å². The van der Waals surface area contributed by atoms with Gasteiger partial charge < -0.3 is 10.4 Å². The van der Waals surface area contributed by atoms with E-state index < -0.39 is 5.97 Å². The zero-order chi connectivity index (χ0) is 15.9. The highest BCUT2D eigenvalue weighted by Crippen LogP contribution is 2.27. The summed E-state index contributed by atoms with van der Waals surface area (Å²) in [5.41, 5.74) is 1.01. The largest absolute Gasteiger partial charge is 0.478 e. The number of benzene rings is 1. The molecule has 22 heavy (non-hydrogen) atoms. The SMILES string of the molecule is CC1CCCC(CNC(=O)CCc2ccccc2C(=O)O)C1. The van der Waals surface area contributed by atoms with Crippen molar-refractivity contribution in [3.8, 4) is 0 Å². The molecule has 1 aliphatic carbocycles. The molecule has 1 saturated carbocycles. The van der Waals surface area contributed by atoms with Gasteiger partial charge in [-0.25, -0.2) is 4.79 Å². The Balaban J connectivity index is 1.77. The van der Waals surface area contributed by atoms with E-state index in [9.17, 15) is 9.59 Å². The van der Waals surface area contributed by atoms with Gasteiger partial charge in [-0.3, -0.25) is 4.79 Å². The highest BCUT2D eigenvalue weighted by Gasteiger charge is 2.19. The first-order valence-corrected chi connectivity index (χ1v) is 8.14. The summed E-state index contributed by atoms with van der Waals surface area (Å²) in [5, 5.41) is 12.1. The van der Waals surface area contributed by atoms with Gasteiger partial charge in [-0.15, -0.1) is 0 Å². The number of carbonyl (C=O) groups is 2. The number of aryl methyl sites for hydroxylation is 1. The van der Waals surface area contributed by atoms with Crippen molar-refractivity contribution in [3.63, 3.8) is 0 Å². The molecule has 0 radical (unpaired) electrons. The Morgan fingerprint density at radius 2 is 2.05 bits per heavy atom. The van der Waals surface area contributed by atoms with Crippen LogP contribution in [0.1, 0.15) is 54.9 Å². The molecule has 120 valence electrons. The van der Waals surface area contributed by atoms with Crippen LogP contribution in [0.3, 0.4) is 0 Å². The molecule has 2 unspecified atom stereocenters. The first-order valence-electron chi connectivity index (χ1n) is 8.14. The van der Waals surface area contributed by atoms with E-state index >= 15 is 0 Å². The Hall–Kier alpha value is -1.84. The first kappa shape index (κ1) is 16.5. The number of hydrogen-bond donors (Lipinski definition) is 2. The van der Waals surface area contributed by atoms with Crippen LogP contribution in [0.15, 0.2) is 24.3 Å². The summed E-state index contributed by atoms with van der Waals surface area (Å²) >= 11 is 0. The van der Waals surface area contributed by atoms with Gasteiger partial charge in [0.05, 0.1) is 5.56 Å². The molecule has 2 rings (SSSR count). The second-order valence-electron chi connectivity index (χ2n) is 6.40. The number of carbonyl (C=O) groups excluding carboxylic acids is 1. The van der Waals surface area contributed by atoms with Gasteiger partial charge in [0, 0.05) is 13.0 Å². The molecule has 0 aromatic heterocycles. The van der Waals surface area contributed by atoms with Crippen molar-refractivity contribution in [2.45, 2.75) is 45.4 Å². The Kier molecular flexibility index (Phi) is 5.99. The molecule has 1 amide bonds. The lowest BCUT2D eigenvalue weighted by Crippen LogP contribution is -2.31. The van der Waals surface area contributed by atoms with Gasteiger partial charge in [0.2, 0.25) is 5.91 Å². The molecular formula is C18H25NO3. The number of aromatic carboxylic acids is 1. The lowest BCUT2D eigenvalue weighted by molar-refractivity contribution is -0.121. The van der Waals surface area contributed by atoms with Crippen molar-refractivity contribution in [2.75, 3.05) is 6.54 Å². The monoisotopic (exact) mass is 303 g/mol. The summed E-state index contributed by atoms with van der Waals surface area (Å²) in [7, 11) is 0. The van der Waals surface area contributed by atoms with Crippen LogP contribution >= 0.6 is 0 Å². The summed E-state index contributed by atoms with van der Waals surface area (Å²) < 4.78 is 0. The topological polar surface area (TPSA) is 66.4 Å². The third-order valence-electron chi connectivity index (χ3n) is 4.50. The van der Waals surface area contributed by atoms with Crippen LogP contribution in [0.25, 0.3) is 0 Å². The molecule has 1 aliphatic rings. The lowest BCUT2D eigenvalue weighted by atomic mass is 9.82. The molecule has 0 bridgehead atoms. The van der Waals surface area contributed by atoms with E-state index in [2.05, 4.69) is 12.2 Å². The Morgan fingerprint density at radius 1 is 1.27 bits per heavy atom. The normalized spacial score (nSPS) is 21.3. The molecule has 4 nitrogen and oxygen atoms in total. The fourth-order valence-corrected chi connectivity index (χ4v) is 3.29. The molecule has 1 aromatic rings. The molecule has 0 saturated heterocycles. The van der Waals surface area contributed by atoms with Gasteiger partial charge in [-0.1, -0.05) is 38.0 Å². The van der Waals surface area contributed by atoms with Crippen molar-refractivity contribution in [1.29, 1.82) is 0 Å². The summed E-state index contributed by atoms with van der Waals surface area (Å²) in [6.07, 6.45) is 5.76. The molecular weight excluding hydrogens is 278 g/mol. The zero-order valence-corrected chi connectivity index (χ0v) is 13.2. The maximum Gasteiger partial charge on any atom is 0.335 e. The molecule has 2 N–H and O–H groups in total. The van der Waals surface area contributed by atoms with Crippen LogP contribution in [0.5, 0.6) is 0 Å². The number of nitrogens with one attached hydrogen (secondary N) is 1. The maximum atomic E-state index is 12.0. The minimum Gasteiger partial charge on any atom is -0.478 e. The molecule has 1 aromatic carbocycles. The predicted molar refractivity (Wildman–Crippen MR) is 85.9 cm³/mol. The smallest absolute Gasteiger partial charge is 0.335 e. The van der Waals surface area contributed by atoms with E-state index in [0.29, 0.717) is 18.8 Å². The molecule has 0 spiro atoms. The molecule has 1 fully saturated rings. The lowest BCUT2D eigenvalue weighted by Gasteiger charge is -2.26. The number of hydrogen-bond acceptors (Lipinski definition) is 2. The number of carboxylic acids is 1. The van der Waals surface area contributed by atoms with Crippen LogP contribution in [-0.4, -0.2) is 23.5 Å². The summed E-state index contributed by atoms with van der Waals surface area (Å²) in [6, 6.07) is 6.87. The van der Waals surface area contributed by atoms with E-state index in [1.807, 2.05) is 6.07 Å². The molecule has 4 heteroatoms. The minimum absolute atomic E-state index is 0.0124. The summed E-state index contributed by atoms with van der Waals surface area (Å²) in [4.78, 5) is 23.1. The van der Waals surface area contributed by atoms with Gasteiger partial charge in [-0.05, 0) is 42.7 Å². The van der Waals surface area contributed by atoms with Gasteiger partial charge in [-0.2, -0.15) is 0 Å². The van der Waals surface area contributed by atoms with Crippen molar-refractivity contribution in [1.82, 2.24) is 5.32 Å². The predicted octanol–water partition coefficient (Wildman–Crippen LogP) is 3.26. The van der Waals surface area contributed by atoms with Crippen LogP contribution < -0.4 is 5.32 Å². The maximum absolute atomic E-state index is 12.0. The fraction of sp³-hybridized carbons (Fsp3) is 0.556. The summed E-state index contributed by atoms with van der Waals surface area (Å²) in [6.45, 7) is 3.03. The molecule has 2 atom stereocenters. The van der Waals surface area contributed by atoms with Crippen molar-refractivity contribution in [3.05, 3.63) is 35.4 Å². The third kappa shape index (κ3) is 4.86. The minimum atomic E-state index is -0.938. The average molecular weight is 303 g/mol. The van der Waals surface area contributed by atoms with Gasteiger partial charge in [0.1, 0.15) is 0 Å². The number of amides is 1. The van der Waals surface area contributed by atoms with E-state index in [0.717, 1.165) is 18.0 Å². The van der Waals surface area contributed by atoms with Gasteiger partial charge in [0.25, 0.3) is 0 Å². The van der Waals surface area contributed by atoms with Crippen LogP contribution in [0, 0.1) is 11.8 Å². The van der Waals surface area contributed by atoms with Crippen molar-refractivity contribution >= 4 is 11.9 Å². The standard InChI is InChI=1S/C18H25NO3/c1-13-5-4-6-14(11-13)12-19-17(20)10-9-15-7-2-3-8-16(15)18(21)22/h2-3,7-8,13-14H,4-6,9-12H2,1H3,(H,19,20)(H,21,22). The van der Waals surface area contributed by atoms with Crippen molar-refractivity contribution < 1.29 is 14.7 Å². The number of rotatable bonds is 6. The molecule has 0 heterocycles. The fourth-order valence-electron chi connectivity index (χ4n) is 3.29.